The van der Waals surface area contributed by atoms with Crippen molar-refractivity contribution in [1.82, 2.24) is 0 Å². The van der Waals surface area contributed by atoms with Gasteiger partial charge in [0.2, 0.25) is 0 Å². The molecule has 4 unspecified atom stereocenters. The Kier molecular flexibility index (Phi) is 2.83. The minimum Gasteiger partial charge on any atom is -0.299 e. The lowest BCUT2D eigenvalue weighted by atomic mass is 9.54. The summed E-state index contributed by atoms with van der Waals surface area (Å²) in [5, 5.41) is 0. The summed E-state index contributed by atoms with van der Waals surface area (Å²) in [6.45, 7) is 0. The molecule has 0 aromatic rings. The van der Waals surface area contributed by atoms with Crippen LogP contribution in [0.3, 0.4) is 0 Å². The molecular weight excluding hydrogens is 355 g/mol. The lowest BCUT2D eigenvalue weighted by molar-refractivity contribution is -0.149. The predicted octanol–water partition coefficient (Wildman–Crippen LogP) is 1.38. The van der Waals surface area contributed by atoms with E-state index in [9.17, 15) is 13.2 Å². The van der Waals surface area contributed by atoms with Gasteiger partial charge in [0, 0.05) is 15.8 Å². The van der Waals surface area contributed by atoms with E-state index < -0.39 is 10.1 Å². The van der Waals surface area contributed by atoms with Crippen LogP contribution >= 0.6 is 22.6 Å². The maximum absolute atomic E-state index is 12.2. The number of halogens is 1. The SMILES string of the molecule is CS(=O)(=O)O[C@H]1C2CC3CC1C(=O)C(C2)[C@H]3I. The maximum Gasteiger partial charge on any atom is 0.264 e. The topological polar surface area (TPSA) is 60.4 Å². The van der Waals surface area contributed by atoms with Crippen LogP contribution in [-0.2, 0) is 19.1 Å². The summed E-state index contributed by atoms with van der Waals surface area (Å²) in [7, 11) is -3.46. The second-order valence-electron chi connectivity index (χ2n) is 5.55. The standard InChI is InChI=1S/C11H15IO4S/c1-17(14,15)16-11-6-2-5-3-8(11)10(13)7(4-6)9(5)12/h5-9,11H,2-4H2,1H3/t5?,6?,7?,8?,9-,11-/m0/s1. The average Bonchev–Trinajstić information content (AvgIpc) is 2.20. The molecule has 0 saturated heterocycles. The first-order valence-electron chi connectivity index (χ1n) is 5.93. The van der Waals surface area contributed by atoms with E-state index in [0.29, 0.717) is 9.84 Å². The Morgan fingerprint density at radius 3 is 2.47 bits per heavy atom. The summed E-state index contributed by atoms with van der Waals surface area (Å²) in [5.74, 6) is 1.07. The highest BCUT2D eigenvalue weighted by atomic mass is 127. The molecule has 96 valence electrons. The Hall–Kier alpha value is 0.310. The molecule has 4 aliphatic rings. The molecule has 4 nitrogen and oxygen atoms in total. The third-order valence-corrected chi connectivity index (χ3v) is 6.89. The van der Waals surface area contributed by atoms with Crippen LogP contribution < -0.4 is 0 Å². The molecule has 4 bridgehead atoms. The molecule has 0 radical (unpaired) electrons. The molecule has 0 spiro atoms. The normalized spacial score (nSPS) is 48.7. The van der Waals surface area contributed by atoms with Crippen molar-refractivity contribution < 1.29 is 17.4 Å². The van der Waals surface area contributed by atoms with Crippen LogP contribution in [0.15, 0.2) is 0 Å². The minimum atomic E-state index is -3.46. The van der Waals surface area contributed by atoms with Crippen molar-refractivity contribution in [2.75, 3.05) is 6.26 Å². The Morgan fingerprint density at radius 2 is 1.82 bits per heavy atom. The molecule has 17 heavy (non-hydrogen) atoms. The van der Waals surface area contributed by atoms with Crippen molar-refractivity contribution in [2.24, 2.45) is 23.7 Å². The molecule has 4 saturated carbocycles. The van der Waals surface area contributed by atoms with Crippen molar-refractivity contribution in [3.05, 3.63) is 0 Å². The van der Waals surface area contributed by atoms with Crippen LogP contribution in [0, 0.1) is 23.7 Å². The third-order valence-electron chi connectivity index (χ3n) is 4.43. The van der Waals surface area contributed by atoms with Crippen molar-refractivity contribution in [1.29, 1.82) is 0 Å². The maximum atomic E-state index is 12.2. The van der Waals surface area contributed by atoms with Crippen molar-refractivity contribution in [2.45, 2.75) is 29.3 Å². The smallest absolute Gasteiger partial charge is 0.264 e. The third kappa shape index (κ3) is 1.96. The minimum absolute atomic E-state index is 0.150. The van der Waals surface area contributed by atoms with Gasteiger partial charge in [0.05, 0.1) is 12.4 Å². The molecule has 4 rings (SSSR count). The zero-order chi connectivity index (χ0) is 12.4. The van der Waals surface area contributed by atoms with Gasteiger partial charge in [-0.3, -0.25) is 8.98 Å². The molecule has 0 aliphatic heterocycles. The molecule has 0 amide bonds. The fraction of sp³-hybridized carbons (Fsp3) is 0.909. The highest BCUT2D eigenvalue weighted by molar-refractivity contribution is 14.1. The van der Waals surface area contributed by atoms with E-state index in [1.807, 2.05) is 0 Å². The van der Waals surface area contributed by atoms with Crippen LogP contribution in [-0.4, -0.2) is 30.5 Å². The largest absolute Gasteiger partial charge is 0.299 e. The van der Waals surface area contributed by atoms with Crippen molar-refractivity contribution >= 4 is 38.5 Å². The van der Waals surface area contributed by atoms with Gasteiger partial charge in [0.15, 0.2) is 0 Å². The summed E-state index contributed by atoms with van der Waals surface area (Å²) in [6, 6.07) is 0. The second-order valence-corrected chi connectivity index (χ2v) is 8.59. The number of alkyl halides is 1. The molecular formula is C11H15IO4S. The fourth-order valence-corrected chi connectivity index (χ4v) is 5.79. The van der Waals surface area contributed by atoms with Crippen molar-refractivity contribution in [3.63, 3.8) is 0 Å². The number of rotatable bonds is 2. The number of carbonyl (C=O) groups is 1. The Balaban J connectivity index is 1.89. The van der Waals surface area contributed by atoms with E-state index in [-0.39, 0.29) is 29.6 Å². The first-order valence-corrected chi connectivity index (χ1v) is 8.99. The highest BCUT2D eigenvalue weighted by Crippen LogP contribution is 2.55. The van der Waals surface area contributed by atoms with Crippen molar-refractivity contribution in [3.8, 4) is 0 Å². The zero-order valence-corrected chi connectivity index (χ0v) is 12.5. The van der Waals surface area contributed by atoms with Crippen LogP contribution in [0.2, 0.25) is 0 Å². The Morgan fingerprint density at radius 1 is 1.18 bits per heavy atom. The van der Waals surface area contributed by atoms with Gasteiger partial charge in [-0.25, -0.2) is 0 Å². The van der Waals surface area contributed by atoms with Gasteiger partial charge in [0.1, 0.15) is 5.78 Å². The summed E-state index contributed by atoms with van der Waals surface area (Å²) in [6.07, 6.45) is 3.35. The van der Waals surface area contributed by atoms with Gasteiger partial charge < -0.3 is 0 Å². The number of Topliss-reactive ketones (excluding diaryl/α,β-unsaturated/α-hetero) is 1. The summed E-state index contributed by atoms with van der Waals surface area (Å²) in [5.41, 5.74) is 0. The van der Waals surface area contributed by atoms with E-state index >= 15 is 0 Å². The molecule has 0 heterocycles. The number of carbonyl (C=O) groups excluding carboxylic acids is 1. The van der Waals surface area contributed by atoms with E-state index in [4.69, 9.17) is 4.18 Å². The van der Waals surface area contributed by atoms with Crippen LogP contribution in [0.5, 0.6) is 0 Å². The lowest BCUT2D eigenvalue weighted by Gasteiger charge is -2.54. The first-order chi connectivity index (χ1) is 7.87. The van der Waals surface area contributed by atoms with E-state index in [1.54, 1.807) is 0 Å². The van der Waals surface area contributed by atoms with Gasteiger partial charge in [-0.2, -0.15) is 8.42 Å². The average molecular weight is 370 g/mol. The predicted molar refractivity (Wildman–Crippen MR) is 70.3 cm³/mol. The van der Waals surface area contributed by atoms with Gasteiger partial charge in [0.25, 0.3) is 10.1 Å². The van der Waals surface area contributed by atoms with Crippen LogP contribution in [0.25, 0.3) is 0 Å². The monoisotopic (exact) mass is 370 g/mol. The quantitative estimate of drug-likeness (QED) is 0.419. The van der Waals surface area contributed by atoms with E-state index in [0.717, 1.165) is 25.5 Å². The molecule has 0 aromatic heterocycles. The molecule has 4 aliphatic carbocycles. The molecule has 6 atom stereocenters. The number of hydrogen-bond donors (Lipinski definition) is 0. The first kappa shape index (κ1) is 12.3. The summed E-state index contributed by atoms with van der Waals surface area (Å²) >= 11 is 2.40. The second kappa shape index (κ2) is 3.90. The summed E-state index contributed by atoms with van der Waals surface area (Å²) < 4.78 is 28.1. The van der Waals surface area contributed by atoms with Crippen LogP contribution in [0.4, 0.5) is 0 Å². The van der Waals surface area contributed by atoms with Gasteiger partial charge in [-0.15, -0.1) is 0 Å². The number of ketones is 1. The Bertz CT molecular complexity index is 460. The summed E-state index contributed by atoms with van der Waals surface area (Å²) in [4.78, 5) is 12.2. The molecule has 4 fully saturated rings. The molecule has 0 aromatic carbocycles. The van der Waals surface area contributed by atoms with Gasteiger partial charge >= 0.3 is 0 Å². The van der Waals surface area contributed by atoms with Crippen LogP contribution in [0.1, 0.15) is 19.3 Å². The lowest BCUT2D eigenvalue weighted by Crippen LogP contribution is -2.59. The molecule has 0 N–H and O–H groups in total. The molecule has 6 heteroatoms. The van der Waals surface area contributed by atoms with Gasteiger partial charge in [-0.05, 0) is 31.1 Å². The zero-order valence-electron chi connectivity index (χ0n) is 9.50. The fourth-order valence-electron chi connectivity index (χ4n) is 3.86. The van der Waals surface area contributed by atoms with E-state index in [2.05, 4.69) is 22.6 Å². The highest BCUT2D eigenvalue weighted by Gasteiger charge is 2.58. The van der Waals surface area contributed by atoms with E-state index in [1.165, 1.54) is 0 Å². The Labute approximate surface area is 115 Å². The van der Waals surface area contributed by atoms with Gasteiger partial charge in [-0.1, -0.05) is 22.6 Å². The number of hydrogen-bond acceptors (Lipinski definition) is 4.